The van der Waals surface area contributed by atoms with E-state index in [0.29, 0.717) is 29.7 Å². The Morgan fingerprint density at radius 3 is 2.62 bits per heavy atom. The number of carbonyl (C=O) groups is 1. The molecular weight excluding hydrogens is 528 g/mol. The van der Waals surface area contributed by atoms with Crippen LogP contribution in [-0.4, -0.2) is 56.8 Å². The van der Waals surface area contributed by atoms with Gasteiger partial charge in [-0.3, -0.25) is 9.40 Å². The van der Waals surface area contributed by atoms with E-state index >= 15 is 0 Å². The molecule has 39 heavy (non-hydrogen) atoms. The molecule has 2 aromatic heterocycles. The highest BCUT2D eigenvalue weighted by atomic mass is 32.2. The summed E-state index contributed by atoms with van der Waals surface area (Å²) in [6.45, 7) is 2.91. The van der Waals surface area contributed by atoms with E-state index in [4.69, 9.17) is 24.5 Å². The van der Waals surface area contributed by atoms with Gasteiger partial charge in [0.25, 0.3) is 10.0 Å². The summed E-state index contributed by atoms with van der Waals surface area (Å²) in [6.07, 6.45) is 3.50. The molecule has 0 bridgehead atoms. The van der Waals surface area contributed by atoms with E-state index in [9.17, 15) is 13.2 Å². The molecule has 0 radical (unpaired) electrons. The van der Waals surface area contributed by atoms with Crippen LogP contribution in [0.1, 0.15) is 23.6 Å². The molecule has 0 atom stereocenters. The molecule has 0 fully saturated rings. The molecule has 4 aromatic rings. The van der Waals surface area contributed by atoms with Crippen molar-refractivity contribution in [1.82, 2.24) is 20.3 Å². The number of hydrogen-bond donors (Lipinski definition) is 3. The van der Waals surface area contributed by atoms with Crippen LogP contribution in [0.3, 0.4) is 0 Å². The van der Waals surface area contributed by atoms with Gasteiger partial charge in [-0.25, -0.2) is 13.2 Å². The molecule has 13 nitrogen and oxygen atoms in total. The second-order valence-electron chi connectivity index (χ2n) is 8.47. The summed E-state index contributed by atoms with van der Waals surface area (Å²) in [5.74, 6) is 0.571. The maximum absolute atomic E-state index is 13.3. The van der Waals surface area contributed by atoms with Gasteiger partial charge >= 0.3 is 6.09 Å². The highest BCUT2D eigenvalue weighted by Crippen LogP contribution is 2.36. The first-order chi connectivity index (χ1) is 18.8. The van der Waals surface area contributed by atoms with Gasteiger partial charge in [0, 0.05) is 24.8 Å². The van der Waals surface area contributed by atoms with E-state index in [1.165, 1.54) is 14.2 Å². The van der Waals surface area contributed by atoms with E-state index in [2.05, 4.69) is 20.3 Å². The number of nitrogens with one attached hydrogen (secondary N) is 2. The lowest BCUT2D eigenvalue weighted by Crippen LogP contribution is -2.25. The standard InChI is InChI=1S/C25H30N6O7S/c1-4-16-5-6-19(35-2)22(11-16)39(33,34)30-24-23-20(36-3)9-17(10-21(23)38-29-24)14-31-15-18(13-28-31)12-27-25(32)37-8-7-26/h5-6,9-11,13,15H,4,7-8,12,14,26H2,1-3H3,(H,27,32)(H,29,30). The number of amides is 1. The van der Waals surface area contributed by atoms with Crippen LogP contribution < -0.4 is 25.2 Å². The fourth-order valence-electron chi connectivity index (χ4n) is 3.89. The Balaban J connectivity index is 1.54. The summed E-state index contributed by atoms with van der Waals surface area (Å²) < 4.78 is 51.9. The van der Waals surface area contributed by atoms with Crippen LogP contribution in [0, 0.1) is 0 Å². The zero-order chi connectivity index (χ0) is 28.0. The number of alkyl carbamates (subject to hydrolysis) is 1. The molecule has 0 spiro atoms. The smallest absolute Gasteiger partial charge is 0.407 e. The zero-order valence-electron chi connectivity index (χ0n) is 21.8. The third-order valence-corrected chi connectivity index (χ3v) is 7.15. The Kier molecular flexibility index (Phi) is 8.56. The lowest BCUT2D eigenvalue weighted by molar-refractivity contribution is 0.149. The van der Waals surface area contributed by atoms with Crippen molar-refractivity contribution in [2.24, 2.45) is 5.73 Å². The zero-order valence-corrected chi connectivity index (χ0v) is 22.6. The van der Waals surface area contributed by atoms with Crippen LogP contribution in [0.15, 0.2) is 52.1 Å². The van der Waals surface area contributed by atoms with E-state index < -0.39 is 16.1 Å². The van der Waals surface area contributed by atoms with Gasteiger partial charge in [0.2, 0.25) is 0 Å². The number of methoxy groups -OCH3 is 2. The van der Waals surface area contributed by atoms with Crippen LogP contribution in [0.2, 0.25) is 0 Å². The molecule has 14 heteroatoms. The molecule has 0 aliphatic heterocycles. The van der Waals surface area contributed by atoms with E-state index in [0.717, 1.165) is 16.7 Å². The highest BCUT2D eigenvalue weighted by Gasteiger charge is 2.25. The summed E-state index contributed by atoms with van der Waals surface area (Å²) in [5.41, 5.74) is 8.02. The van der Waals surface area contributed by atoms with Gasteiger partial charge in [0.1, 0.15) is 28.4 Å². The van der Waals surface area contributed by atoms with Gasteiger partial charge in [-0.2, -0.15) is 5.10 Å². The summed E-state index contributed by atoms with van der Waals surface area (Å²) >= 11 is 0. The Hall–Kier alpha value is -4.30. The predicted octanol–water partition coefficient (Wildman–Crippen LogP) is 2.64. The van der Waals surface area contributed by atoms with E-state index in [1.54, 1.807) is 41.3 Å². The molecule has 0 saturated carbocycles. The van der Waals surface area contributed by atoms with Gasteiger partial charge in [0.15, 0.2) is 11.4 Å². The molecule has 0 aliphatic carbocycles. The van der Waals surface area contributed by atoms with Crippen molar-refractivity contribution in [3.63, 3.8) is 0 Å². The molecular formula is C25H30N6O7S. The van der Waals surface area contributed by atoms with Crippen molar-refractivity contribution < 1.29 is 31.9 Å². The molecule has 0 saturated heterocycles. The number of sulfonamides is 1. The van der Waals surface area contributed by atoms with Crippen molar-refractivity contribution in [1.29, 1.82) is 0 Å². The molecule has 0 unspecified atom stereocenters. The number of nitrogens with zero attached hydrogens (tertiary/aromatic N) is 3. The fourth-order valence-corrected chi connectivity index (χ4v) is 5.12. The Bertz CT molecular complexity index is 1560. The summed E-state index contributed by atoms with van der Waals surface area (Å²) in [4.78, 5) is 11.6. The van der Waals surface area contributed by atoms with Crippen LogP contribution in [0.25, 0.3) is 11.0 Å². The minimum atomic E-state index is -4.06. The number of fused-ring (bicyclic) bond motifs is 1. The van der Waals surface area contributed by atoms with Crippen molar-refractivity contribution in [3.8, 4) is 11.5 Å². The number of aromatic nitrogens is 3. The lowest BCUT2D eigenvalue weighted by atomic mass is 10.1. The van der Waals surface area contributed by atoms with Crippen LogP contribution in [0.5, 0.6) is 11.5 Å². The topological polar surface area (TPSA) is 173 Å². The maximum Gasteiger partial charge on any atom is 0.407 e. The summed E-state index contributed by atoms with van der Waals surface area (Å²) in [6, 6.07) is 8.47. The number of rotatable bonds is 12. The van der Waals surface area contributed by atoms with Gasteiger partial charge in [-0.15, -0.1) is 0 Å². The quantitative estimate of drug-likeness (QED) is 0.235. The number of nitrogens with two attached hydrogens (primary N) is 1. The number of carbonyl (C=O) groups excluding carboxylic acids is 1. The molecule has 208 valence electrons. The second kappa shape index (κ2) is 12.0. The highest BCUT2D eigenvalue weighted by molar-refractivity contribution is 7.92. The first kappa shape index (κ1) is 27.7. The molecule has 0 aliphatic rings. The minimum Gasteiger partial charge on any atom is -0.496 e. The first-order valence-corrected chi connectivity index (χ1v) is 13.5. The van der Waals surface area contributed by atoms with Crippen molar-refractivity contribution in [2.45, 2.75) is 31.3 Å². The van der Waals surface area contributed by atoms with Gasteiger partial charge in [-0.05, 0) is 41.8 Å². The largest absolute Gasteiger partial charge is 0.496 e. The number of benzene rings is 2. The molecule has 2 aromatic carbocycles. The predicted molar refractivity (Wildman–Crippen MR) is 142 cm³/mol. The fraction of sp³-hybridized carbons (Fsp3) is 0.320. The van der Waals surface area contributed by atoms with Crippen LogP contribution in [0.4, 0.5) is 10.6 Å². The van der Waals surface area contributed by atoms with E-state index in [1.807, 2.05) is 13.0 Å². The van der Waals surface area contributed by atoms with Gasteiger partial charge in [0.05, 0.1) is 27.0 Å². The summed E-state index contributed by atoms with van der Waals surface area (Å²) in [7, 11) is -1.18. The van der Waals surface area contributed by atoms with Crippen molar-refractivity contribution in [2.75, 3.05) is 32.1 Å². The van der Waals surface area contributed by atoms with Gasteiger partial charge in [-0.1, -0.05) is 18.1 Å². The van der Waals surface area contributed by atoms with Crippen molar-refractivity contribution >= 4 is 32.9 Å². The lowest BCUT2D eigenvalue weighted by Gasteiger charge is -2.12. The minimum absolute atomic E-state index is 0.00675. The monoisotopic (exact) mass is 558 g/mol. The third kappa shape index (κ3) is 6.41. The Morgan fingerprint density at radius 1 is 1.10 bits per heavy atom. The number of ether oxygens (including phenoxy) is 3. The molecule has 4 rings (SSSR count). The SMILES string of the molecule is CCc1ccc(OC)c(S(=O)(=O)Nc2noc3cc(Cn4cc(CNC(=O)OCCN)cn4)cc(OC)c23)c1. The average molecular weight is 559 g/mol. The molecule has 1 amide bonds. The summed E-state index contributed by atoms with van der Waals surface area (Å²) in [5, 5.41) is 11.3. The van der Waals surface area contributed by atoms with Crippen LogP contribution in [-0.2, 0) is 34.3 Å². The number of hydrogen-bond acceptors (Lipinski definition) is 10. The number of anilines is 1. The average Bonchev–Trinajstić information content (AvgIpc) is 3.56. The maximum atomic E-state index is 13.3. The molecule has 2 heterocycles. The Morgan fingerprint density at radius 2 is 1.90 bits per heavy atom. The van der Waals surface area contributed by atoms with E-state index in [-0.39, 0.29) is 36.2 Å². The number of aryl methyl sites for hydroxylation is 1. The normalized spacial score (nSPS) is 11.4. The Labute approximate surface area is 225 Å². The first-order valence-electron chi connectivity index (χ1n) is 12.1. The van der Waals surface area contributed by atoms with Gasteiger partial charge < -0.3 is 29.8 Å². The van der Waals surface area contributed by atoms with Crippen LogP contribution >= 0.6 is 0 Å². The van der Waals surface area contributed by atoms with Crippen molar-refractivity contribution in [3.05, 3.63) is 59.4 Å². The molecule has 4 N–H and O–H groups in total. The second-order valence-corrected chi connectivity index (χ2v) is 10.1. The third-order valence-electron chi connectivity index (χ3n) is 5.79.